The van der Waals surface area contributed by atoms with E-state index in [0.29, 0.717) is 0 Å². The van der Waals surface area contributed by atoms with Crippen LogP contribution in [-0.2, 0) is 16.8 Å². The fraction of sp³-hybridized carbons (Fsp3) is 0.636. The van der Waals surface area contributed by atoms with Gasteiger partial charge >= 0.3 is 0 Å². The summed E-state index contributed by atoms with van der Waals surface area (Å²) in [5.74, 6) is 0. The van der Waals surface area contributed by atoms with Crippen LogP contribution in [0.3, 0.4) is 0 Å². The zero-order chi connectivity index (χ0) is 9.43. The van der Waals surface area contributed by atoms with Gasteiger partial charge in [-0.3, -0.25) is 0 Å². The second kappa shape index (κ2) is 4.42. The normalized spacial score (nSPS) is 23.2. The van der Waals surface area contributed by atoms with E-state index in [0.717, 1.165) is 39.0 Å². The molecule has 1 saturated heterocycles. The molecule has 3 heterocycles. The Morgan fingerprint density at radius 2 is 2.13 bits per heavy atom. The van der Waals surface area contributed by atoms with Crippen LogP contribution >= 0.6 is 23.7 Å². The Bertz CT molecular complexity index is 333. The van der Waals surface area contributed by atoms with E-state index in [9.17, 15) is 0 Å². The van der Waals surface area contributed by atoms with Crippen LogP contribution in [-0.4, -0.2) is 19.7 Å². The van der Waals surface area contributed by atoms with Crippen molar-refractivity contribution in [1.29, 1.82) is 0 Å². The minimum atomic E-state index is 0. The lowest BCUT2D eigenvalue weighted by Gasteiger charge is -2.40. The molecule has 1 spiro atoms. The number of piperidine rings is 1. The van der Waals surface area contributed by atoms with Crippen molar-refractivity contribution < 1.29 is 4.74 Å². The van der Waals surface area contributed by atoms with Crippen LogP contribution in [0.5, 0.6) is 0 Å². The Kier molecular flexibility index (Phi) is 3.36. The zero-order valence-corrected chi connectivity index (χ0v) is 10.3. The molecule has 0 unspecified atom stereocenters. The number of halogens is 1. The van der Waals surface area contributed by atoms with Crippen molar-refractivity contribution in [3.8, 4) is 0 Å². The molecule has 0 saturated carbocycles. The summed E-state index contributed by atoms with van der Waals surface area (Å²) in [7, 11) is 0. The van der Waals surface area contributed by atoms with Crippen molar-refractivity contribution in [3.63, 3.8) is 0 Å². The molecule has 0 aliphatic carbocycles. The minimum Gasteiger partial charge on any atom is -0.369 e. The van der Waals surface area contributed by atoms with E-state index in [-0.39, 0.29) is 18.0 Å². The van der Waals surface area contributed by atoms with Crippen LogP contribution in [0.2, 0.25) is 0 Å². The van der Waals surface area contributed by atoms with Gasteiger partial charge in [0.25, 0.3) is 0 Å². The van der Waals surface area contributed by atoms with E-state index in [1.54, 1.807) is 0 Å². The number of rotatable bonds is 0. The largest absolute Gasteiger partial charge is 0.369 e. The van der Waals surface area contributed by atoms with Gasteiger partial charge in [0.05, 0.1) is 6.61 Å². The van der Waals surface area contributed by atoms with E-state index in [1.807, 2.05) is 11.3 Å². The van der Waals surface area contributed by atoms with Gasteiger partial charge < -0.3 is 10.1 Å². The predicted molar refractivity (Wildman–Crippen MR) is 65.0 cm³/mol. The summed E-state index contributed by atoms with van der Waals surface area (Å²) in [6, 6.07) is 2.27. The number of hydrogen-bond donors (Lipinski definition) is 1. The summed E-state index contributed by atoms with van der Waals surface area (Å²) in [6.45, 7) is 3.10. The summed E-state index contributed by atoms with van der Waals surface area (Å²) in [5.41, 5.74) is 1.61. The molecule has 2 aliphatic rings. The van der Waals surface area contributed by atoms with Gasteiger partial charge in [0.15, 0.2) is 0 Å². The van der Waals surface area contributed by atoms with Crippen LogP contribution in [0.1, 0.15) is 23.3 Å². The Hall–Kier alpha value is -0.0900. The molecule has 0 aromatic carbocycles. The number of fused-ring (bicyclic) bond motifs is 2. The smallest absolute Gasteiger partial charge is 0.105 e. The average Bonchev–Trinajstić information content (AvgIpc) is 2.69. The van der Waals surface area contributed by atoms with Gasteiger partial charge in [-0.2, -0.15) is 0 Å². The standard InChI is InChI=1S/C11H15NOS.ClH/c1-7-13-11(3-5-12-6-4-11)10-9(1)2-8-14-10;/h2,8,12H,1,3-7H2;1H. The molecular weight excluding hydrogens is 230 g/mol. The third-order valence-corrected chi connectivity index (χ3v) is 4.46. The molecule has 1 fully saturated rings. The second-order valence-electron chi connectivity index (χ2n) is 4.12. The van der Waals surface area contributed by atoms with Crippen LogP contribution in [0, 0.1) is 0 Å². The molecule has 3 rings (SSSR count). The van der Waals surface area contributed by atoms with E-state index in [1.165, 1.54) is 10.4 Å². The highest BCUT2D eigenvalue weighted by Gasteiger charge is 2.39. The molecule has 0 amide bonds. The first-order valence-corrected chi connectivity index (χ1v) is 6.20. The maximum absolute atomic E-state index is 6.06. The number of hydrogen-bond acceptors (Lipinski definition) is 3. The van der Waals surface area contributed by atoms with Crippen LogP contribution in [0.25, 0.3) is 0 Å². The molecule has 1 N–H and O–H groups in total. The number of thiophene rings is 1. The highest BCUT2D eigenvalue weighted by atomic mass is 35.5. The first kappa shape index (κ1) is 11.4. The summed E-state index contributed by atoms with van der Waals surface area (Å²) in [6.07, 6.45) is 3.38. The Balaban J connectivity index is 0.000000853. The lowest BCUT2D eigenvalue weighted by Crippen LogP contribution is -2.43. The molecule has 1 aromatic heterocycles. The molecule has 0 radical (unpaired) electrons. The van der Waals surface area contributed by atoms with Crippen LogP contribution in [0.4, 0.5) is 0 Å². The topological polar surface area (TPSA) is 21.3 Å². The van der Waals surface area contributed by atoms with Crippen LogP contribution < -0.4 is 5.32 Å². The van der Waals surface area contributed by atoms with E-state index >= 15 is 0 Å². The first-order valence-electron chi connectivity index (χ1n) is 5.32. The maximum atomic E-state index is 6.06. The van der Waals surface area contributed by atoms with Crippen molar-refractivity contribution in [2.75, 3.05) is 19.7 Å². The second-order valence-corrected chi connectivity index (χ2v) is 5.03. The molecule has 0 bridgehead atoms. The van der Waals surface area contributed by atoms with Crippen LogP contribution in [0.15, 0.2) is 11.4 Å². The molecule has 0 atom stereocenters. The van der Waals surface area contributed by atoms with Gasteiger partial charge in [-0.15, -0.1) is 23.7 Å². The first-order chi connectivity index (χ1) is 6.91. The van der Waals surface area contributed by atoms with E-state index in [2.05, 4.69) is 16.8 Å². The highest BCUT2D eigenvalue weighted by Crippen LogP contribution is 2.42. The fourth-order valence-electron chi connectivity index (χ4n) is 2.56. The van der Waals surface area contributed by atoms with Gasteiger partial charge in [0.2, 0.25) is 0 Å². The SMILES string of the molecule is Cl.c1cc2c(s1)C1(CCNCC1)OCC2. The monoisotopic (exact) mass is 245 g/mol. The maximum Gasteiger partial charge on any atom is 0.105 e. The summed E-state index contributed by atoms with van der Waals surface area (Å²) in [4.78, 5) is 1.50. The molecule has 4 heteroatoms. The molecule has 2 aliphatic heterocycles. The Labute approximate surface area is 100 Å². The molecule has 15 heavy (non-hydrogen) atoms. The predicted octanol–water partition coefficient (Wildman–Crippen LogP) is 2.32. The molecule has 84 valence electrons. The third kappa shape index (κ3) is 1.82. The average molecular weight is 246 g/mol. The quantitative estimate of drug-likeness (QED) is 0.758. The molecule has 2 nitrogen and oxygen atoms in total. The van der Waals surface area contributed by atoms with Gasteiger partial charge in [0, 0.05) is 4.88 Å². The fourth-order valence-corrected chi connectivity index (χ4v) is 3.72. The summed E-state index contributed by atoms with van der Waals surface area (Å²) in [5, 5.41) is 5.62. The molecular formula is C11H16ClNOS. The zero-order valence-electron chi connectivity index (χ0n) is 8.62. The lowest BCUT2D eigenvalue weighted by atomic mass is 9.86. The third-order valence-electron chi connectivity index (χ3n) is 3.32. The van der Waals surface area contributed by atoms with Crippen molar-refractivity contribution >= 4 is 23.7 Å². The Morgan fingerprint density at radius 3 is 2.93 bits per heavy atom. The Morgan fingerprint density at radius 1 is 1.33 bits per heavy atom. The van der Waals surface area contributed by atoms with Crippen molar-refractivity contribution in [1.82, 2.24) is 5.32 Å². The van der Waals surface area contributed by atoms with E-state index < -0.39 is 0 Å². The summed E-state index contributed by atoms with van der Waals surface area (Å²) < 4.78 is 6.06. The van der Waals surface area contributed by atoms with Crippen molar-refractivity contribution in [2.24, 2.45) is 0 Å². The van der Waals surface area contributed by atoms with Crippen molar-refractivity contribution in [2.45, 2.75) is 24.9 Å². The minimum absolute atomic E-state index is 0. The number of ether oxygens (including phenoxy) is 1. The van der Waals surface area contributed by atoms with E-state index in [4.69, 9.17) is 4.74 Å². The highest BCUT2D eigenvalue weighted by molar-refractivity contribution is 7.10. The molecule has 1 aromatic rings. The number of nitrogens with one attached hydrogen (secondary N) is 1. The van der Waals surface area contributed by atoms with Gasteiger partial charge in [0.1, 0.15) is 5.60 Å². The van der Waals surface area contributed by atoms with Gasteiger partial charge in [-0.05, 0) is 49.4 Å². The van der Waals surface area contributed by atoms with Gasteiger partial charge in [-0.1, -0.05) is 0 Å². The summed E-state index contributed by atoms with van der Waals surface area (Å²) >= 11 is 1.88. The van der Waals surface area contributed by atoms with Gasteiger partial charge in [-0.25, -0.2) is 0 Å². The van der Waals surface area contributed by atoms with Crippen molar-refractivity contribution in [3.05, 3.63) is 21.9 Å². The lowest BCUT2D eigenvalue weighted by molar-refractivity contribution is -0.0771.